The first-order chi connectivity index (χ1) is 15.2. The van der Waals surface area contributed by atoms with Crippen molar-refractivity contribution >= 4 is 15.7 Å². The van der Waals surface area contributed by atoms with Gasteiger partial charge in [-0.1, -0.05) is 31.4 Å². The van der Waals surface area contributed by atoms with E-state index in [0.29, 0.717) is 42.9 Å². The van der Waals surface area contributed by atoms with Gasteiger partial charge in [0.15, 0.2) is 9.84 Å². The molecule has 1 aromatic carbocycles. The van der Waals surface area contributed by atoms with Crippen LogP contribution in [-0.4, -0.2) is 42.5 Å². The van der Waals surface area contributed by atoms with Crippen LogP contribution in [0.3, 0.4) is 0 Å². The van der Waals surface area contributed by atoms with Crippen molar-refractivity contribution in [3.63, 3.8) is 0 Å². The molecule has 1 aromatic rings. The van der Waals surface area contributed by atoms with Crippen LogP contribution in [0.5, 0.6) is 0 Å². The van der Waals surface area contributed by atoms with Gasteiger partial charge in [0.25, 0.3) is 5.91 Å². The average molecular weight is 454 g/mol. The fourth-order valence-corrected chi connectivity index (χ4v) is 5.53. The standard InChI is InChI=1S/C25H31N3O3S/c1-5-14-28-18-22(9-6-20(28)4)25(29)26-17-21-7-10-23(11-8-21)32(30,31)24-12-15-27(16-13-24)19(2)3/h5-11,14,18,24H,2,4,12-13,15-17H2,1,3H3,(H,26,29). The molecule has 2 aliphatic heterocycles. The molecule has 7 heteroatoms. The summed E-state index contributed by atoms with van der Waals surface area (Å²) in [6.45, 7) is 13.5. The zero-order valence-corrected chi connectivity index (χ0v) is 19.6. The summed E-state index contributed by atoms with van der Waals surface area (Å²) in [7, 11) is -3.38. The molecule has 0 atom stereocenters. The van der Waals surface area contributed by atoms with Crippen molar-refractivity contribution < 1.29 is 13.2 Å². The molecule has 1 saturated heterocycles. The lowest BCUT2D eigenvalue weighted by Gasteiger charge is -2.33. The highest BCUT2D eigenvalue weighted by Crippen LogP contribution is 2.26. The molecule has 170 valence electrons. The maximum atomic E-state index is 13.0. The fraction of sp³-hybridized carbons (Fsp3) is 0.320. The van der Waals surface area contributed by atoms with Gasteiger partial charge in [0.2, 0.25) is 0 Å². The monoisotopic (exact) mass is 453 g/mol. The van der Waals surface area contributed by atoms with Crippen molar-refractivity contribution in [1.29, 1.82) is 0 Å². The smallest absolute Gasteiger partial charge is 0.253 e. The Bertz CT molecular complexity index is 1070. The van der Waals surface area contributed by atoms with Crippen LogP contribution in [0.1, 0.15) is 32.3 Å². The van der Waals surface area contributed by atoms with Crippen molar-refractivity contribution in [3.8, 4) is 0 Å². The van der Waals surface area contributed by atoms with Crippen LogP contribution >= 0.6 is 0 Å². The molecule has 32 heavy (non-hydrogen) atoms. The van der Waals surface area contributed by atoms with E-state index < -0.39 is 9.84 Å². The fourth-order valence-electron chi connectivity index (χ4n) is 3.80. The normalized spacial score (nSPS) is 17.6. The van der Waals surface area contributed by atoms with Crippen LogP contribution in [0.15, 0.2) is 89.9 Å². The molecular weight excluding hydrogens is 422 g/mol. The van der Waals surface area contributed by atoms with Crippen molar-refractivity contribution in [1.82, 2.24) is 15.1 Å². The molecule has 0 unspecified atom stereocenters. The Morgan fingerprint density at radius 3 is 2.44 bits per heavy atom. The van der Waals surface area contributed by atoms with Gasteiger partial charge in [-0.05, 0) is 56.5 Å². The van der Waals surface area contributed by atoms with Gasteiger partial charge in [-0.2, -0.15) is 0 Å². The van der Waals surface area contributed by atoms with Crippen molar-refractivity contribution in [2.24, 2.45) is 0 Å². The summed E-state index contributed by atoms with van der Waals surface area (Å²) >= 11 is 0. The zero-order chi connectivity index (χ0) is 23.3. The van der Waals surface area contributed by atoms with Crippen LogP contribution < -0.4 is 5.32 Å². The predicted molar refractivity (Wildman–Crippen MR) is 128 cm³/mol. The Kier molecular flexibility index (Phi) is 7.40. The molecule has 1 amide bonds. The first-order valence-electron chi connectivity index (χ1n) is 10.7. The number of carbonyl (C=O) groups excluding carboxylic acids is 1. The molecular formula is C25H31N3O3S. The molecule has 6 nitrogen and oxygen atoms in total. The van der Waals surface area contributed by atoms with Gasteiger partial charge >= 0.3 is 0 Å². The molecule has 1 fully saturated rings. The number of nitrogens with one attached hydrogen (secondary N) is 1. The number of allylic oxidation sites excluding steroid dienone is 3. The van der Waals surface area contributed by atoms with Gasteiger partial charge < -0.3 is 15.1 Å². The second-order valence-electron chi connectivity index (χ2n) is 8.09. The Hall–Kier alpha value is -3.06. The number of hydrogen-bond acceptors (Lipinski definition) is 5. The van der Waals surface area contributed by atoms with Gasteiger partial charge in [0, 0.05) is 43.4 Å². The van der Waals surface area contributed by atoms with E-state index in [-0.39, 0.29) is 11.2 Å². The number of benzene rings is 1. The maximum Gasteiger partial charge on any atom is 0.253 e. The highest BCUT2D eigenvalue weighted by molar-refractivity contribution is 7.92. The molecule has 0 spiro atoms. The lowest BCUT2D eigenvalue weighted by molar-refractivity contribution is -0.117. The molecule has 2 heterocycles. The summed E-state index contributed by atoms with van der Waals surface area (Å²) in [5.41, 5.74) is 3.12. The molecule has 0 radical (unpaired) electrons. The Labute approximate surface area is 191 Å². The average Bonchev–Trinajstić information content (AvgIpc) is 2.79. The Morgan fingerprint density at radius 1 is 1.19 bits per heavy atom. The Morgan fingerprint density at radius 2 is 1.84 bits per heavy atom. The molecule has 3 rings (SSSR count). The summed E-state index contributed by atoms with van der Waals surface area (Å²) in [5.74, 6) is -0.204. The van der Waals surface area contributed by atoms with E-state index in [0.717, 1.165) is 17.0 Å². The first-order valence-corrected chi connectivity index (χ1v) is 12.3. The van der Waals surface area contributed by atoms with E-state index in [1.165, 1.54) is 0 Å². The summed E-state index contributed by atoms with van der Waals surface area (Å²) in [6, 6.07) is 6.80. The summed E-state index contributed by atoms with van der Waals surface area (Å²) in [6.07, 6.45) is 10.2. The van der Waals surface area contributed by atoms with E-state index in [2.05, 4.69) is 23.4 Å². The largest absolute Gasteiger partial charge is 0.375 e. The summed E-state index contributed by atoms with van der Waals surface area (Å²) in [4.78, 5) is 16.8. The lowest BCUT2D eigenvalue weighted by atomic mass is 10.1. The summed E-state index contributed by atoms with van der Waals surface area (Å²) in [5, 5.41) is 2.51. The van der Waals surface area contributed by atoms with Gasteiger partial charge in [0.1, 0.15) is 0 Å². The SMILES string of the molecule is C=C1C=CC(C(=O)NCc2ccc(S(=O)(=O)C3CCN(C(=C)C)CC3)cc2)=CN1C=CC. The van der Waals surface area contributed by atoms with Crippen LogP contribution in [-0.2, 0) is 21.2 Å². The van der Waals surface area contributed by atoms with Gasteiger partial charge in [0.05, 0.1) is 15.7 Å². The van der Waals surface area contributed by atoms with Crippen LogP contribution in [0.25, 0.3) is 0 Å². The minimum Gasteiger partial charge on any atom is -0.375 e. The summed E-state index contributed by atoms with van der Waals surface area (Å²) < 4.78 is 26.0. The van der Waals surface area contributed by atoms with Crippen molar-refractivity contribution in [2.75, 3.05) is 13.1 Å². The van der Waals surface area contributed by atoms with Gasteiger partial charge in [-0.15, -0.1) is 0 Å². The van der Waals surface area contributed by atoms with Gasteiger partial charge in [-0.3, -0.25) is 4.79 Å². The maximum absolute atomic E-state index is 13.0. The quantitative estimate of drug-likeness (QED) is 0.679. The molecule has 0 bridgehead atoms. The Balaban J connectivity index is 1.60. The number of sulfone groups is 1. The number of likely N-dealkylation sites (tertiary alicyclic amines) is 1. The molecule has 0 aliphatic carbocycles. The number of hydrogen-bond donors (Lipinski definition) is 1. The molecule has 0 aromatic heterocycles. The topological polar surface area (TPSA) is 69.7 Å². The number of nitrogens with zero attached hydrogens (tertiary/aromatic N) is 2. The first kappa shape index (κ1) is 23.6. The van der Waals surface area contributed by atoms with E-state index in [1.807, 2.05) is 26.1 Å². The van der Waals surface area contributed by atoms with Gasteiger partial charge in [-0.25, -0.2) is 8.42 Å². The third kappa shape index (κ3) is 5.40. The number of rotatable bonds is 7. The highest BCUT2D eigenvalue weighted by Gasteiger charge is 2.31. The number of piperidine rings is 1. The third-order valence-corrected chi connectivity index (χ3v) is 8.04. The highest BCUT2D eigenvalue weighted by atomic mass is 32.2. The van der Waals surface area contributed by atoms with E-state index >= 15 is 0 Å². The van der Waals surface area contributed by atoms with Crippen LogP contribution in [0.2, 0.25) is 0 Å². The second kappa shape index (κ2) is 10.0. The van der Waals surface area contributed by atoms with E-state index in [9.17, 15) is 13.2 Å². The van der Waals surface area contributed by atoms with E-state index in [1.54, 1.807) is 47.5 Å². The van der Waals surface area contributed by atoms with Crippen LogP contribution in [0, 0.1) is 0 Å². The zero-order valence-electron chi connectivity index (χ0n) is 18.8. The predicted octanol–water partition coefficient (Wildman–Crippen LogP) is 3.88. The minimum atomic E-state index is -3.38. The third-order valence-electron chi connectivity index (χ3n) is 5.76. The van der Waals surface area contributed by atoms with Crippen molar-refractivity contribution in [2.45, 2.75) is 43.4 Å². The molecule has 2 aliphatic rings. The second-order valence-corrected chi connectivity index (χ2v) is 10.3. The lowest BCUT2D eigenvalue weighted by Crippen LogP contribution is -2.38. The minimum absolute atomic E-state index is 0.204. The van der Waals surface area contributed by atoms with E-state index in [4.69, 9.17) is 0 Å². The number of amides is 1. The van der Waals surface area contributed by atoms with Crippen molar-refractivity contribution in [3.05, 3.63) is 90.6 Å². The molecule has 1 N–H and O–H groups in total. The number of carbonyl (C=O) groups is 1. The molecule has 0 saturated carbocycles. The van der Waals surface area contributed by atoms with Crippen LogP contribution in [0.4, 0.5) is 0 Å².